The highest BCUT2D eigenvalue weighted by atomic mass is 35.5. The number of nitrogens with zero attached hydrogens (tertiary/aromatic N) is 3. The molecule has 6 rings (SSSR count). The number of hydrogen-bond acceptors (Lipinski definition) is 7. The van der Waals surface area contributed by atoms with Gasteiger partial charge in [-0.15, -0.1) is 0 Å². The fraction of sp³-hybridized carbons (Fsp3) is 0.333. The van der Waals surface area contributed by atoms with Gasteiger partial charge in [0.05, 0.1) is 45.5 Å². The molecule has 3 aliphatic heterocycles. The zero-order valence-electron chi connectivity index (χ0n) is 21.4. The molecule has 3 atom stereocenters. The summed E-state index contributed by atoms with van der Waals surface area (Å²) in [7, 11) is 0. The van der Waals surface area contributed by atoms with E-state index in [9.17, 15) is 32.3 Å². The predicted octanol–water partition coefficient (Wildman–Crippen LogP) is 4.89. The van der Waals surface area contributed by atoms with Crippen molar-refractivity contribution in [1.82, 2.24) is 9.47 Å². The first kappa shape index (κ1) is 29.2. The van der Waals surface area contributed by atoms with E-state index in [2.05, 4.69) is 0 Å². The number of alkyl halides is 3. The van der Waals surface area contributed by atoms with Gasteiger partial charge in [-0.2, -0.15) is 13.2 Å². The average Bonchev–Trinajstić information content (AvgIpc) is 3.41. The Kier molecular flexibility index (Phi) is 7.67. The third kappa shape index (κ3) is 4.94. The van der Waals surface area contributed by atoms with Crippen LogP contribution in [0.25, 0.3) is 0 Å². The van der Waals surface area contributed by atoms with Crippen LogP contribution in [0.15, 0.2) is 52.3 Å². The number of benzene rings is 2. The van der Waals surface area contributed by atoms with Gasteiger partial charge in [0.15, 0.2) is 0 Å². The van der Waals surface area contributed by atoms with Gasteiger partial charge in [-0.05, 0) is 29.8 Å². The van der Waals surface area contributed by atoms with E-state index < -0.39 is 45.5 Å². The minimum atomic E-state index is -4.69. The van der Waals surface area contributed by atoms with Crippen molar-refractivity contribution in [2.24, 2.45) is 5.92 Å². The van der Waals surface area contributed by atoms with E-state index in [0.717, 1.165) is 46.2 Å². The van der Waals surface area contributed by atoms with Gasteiger partial charge in [0.25, 0.3) is 0 Å². The van der Waals surface area contributed by atoms with Crippen molar-refractivity contribution in [3.63, 3.8) is 0 Å². The molecule has 2 unspecified atom stereocenters. The molecule has 2 saturated heterocycles. The predicted molar refractivity (Wildman–Crippen MR) is 151 cm³/mol. The van der Waals surface area contributed by atoms with Gasteiger partial charge >= 0.3 is 11.0 Å². The van der Waals surface area contributed by atoms with Crippen molar-refractivity contribution in [3.8, 4) is 0 Å². The Labute approximate surface area is 254 Å². The van der Waals surface area contributed by atoms with Crippen LogP contribution in [0.4, 0.5) is 18.9 Å². The number of thiazole rings is 1. The molecule has 0 aliphatic carbocycles. The minimum Gasteiger partial charge on any atom is -0.378 e. The molecule has 0 radical (unpaired) electrons. The van der Waals surface area contributed by atoms with Crippen LogP contribution in [0, 0.1) is 5.92 Å². The van der Waals surface area contributed by atoms with Crippen molar-refractivity contribution >= 4 is 69.7 Å². The number of morpholine rings is 1. The van der Waals surface area contributed by atoms with Crippen molar-refractivity contribution in [2.75, 3.05) is 31.2 Å². The Morgan fingerprint density at radius 1 is 1.02 bits per heavy atom. The molecular weight excluding hydrogens is 638 g/mol. The summed E-state index contributed by atoms with van der Waals surface area (Å²) in [6, 6.07) is 8.81. The lowest BCUT2D eigenvalue weighted by Crippen LogP contribution is -2.43. The lowest BCUT2D eigenvalue weighted by atomic mass is 9.83. The van der Waals surface area contributed by atoms with Crippen molar-refractivity contribution < 1.29 is 32.3 Å². The smallest absolute Gasteiger partial charge is 0.378 e. The number of rotatable bonds is 4. The van der Waals surface area contributed by atoms with E-state index >= 15 is 0 Å². The molecule has 3 amide bonds. The number of halogens is 5. The number of carbonyl (C=O) groups excluding carboxylic acids is 3. The largest absolute Gasteiger partial charge is 0.416 e. The second-order valence-electron chi connectivity index (χ2n) is 9.86. The molecule has 0 bridgehead atoms. The zero-order chi connectivity index (χ0) is 29.9. The number of fused-ring (bicyclic) bond motifs is 2. The number of carbonyl (C=O) groups is 3. The van der Waals surface area contributed by atoms with E-state index in [1.807, 2.05) is 0 Å². The number of amides is 3. The summed E-state index contributed by atoms with van der Waals surface area (Å²) in [5, 5.41) is -0.458. The highest BCUT2D eigenvalue weighted by Crippen LogP contribution is 2.55. The number of hydrogen-bond donors (Lipinski definition) is 0. The number of ether oxygens (including phenoxy) is 1. The van der Waals surface area contributed by atoms with Crippen LogP contribution in [0.5, 0.6) is 0 Å². The second-order valence-corrected chi connectivity index (χ2v) is 12.8. The molecule has 15 heteroatoms. The first-order valence-electron chi connectivity index (χ1n) is 12.7. The van der Waals surface area contributed by atoms with E-state index in [4.69, 9.17) is 27.9 Å². The molecule has 3 aliphatic rings. The maximum absolute atomic E-state index is 14.0. The molecule has 0 spiro atoms. The Hall–Kier alpha value is -2.84. The fourth-order valence-corrected chi connectivity index (χ4v) is 8.66. The third-order valence-corrected chi connectivity index (χ3v) is 10.9. The number of aromatic nitrogens is 1. The fourth-order valence-electron chi connectivity index (χ4n) is 5.47. The summed E-state index contributed by atoms with van der Waals surface area (Å²) in [4.78, 5) is 56.5. The molecule has 4 heterocycles. The summed E-state index contributed by atoms with van der Waals surface area (Å²) < 4.78 is 47.0. The summed E-state index contributed by atoms with van der Waals surface area (Å²) in [5.74, 6) is -3.77. The summed E-state index contributed by atoms with van der Waals surface area (Å²) in [5.41, 5.74) is -0.832. The molecule has 1 aromatic heterocycles. The van der Waals surface area contributed by atoms with Crippen LogP contribution in [0.2, 0.25) is 10.0 Å². The quantitative estimate of drug-likeness (QED) is 0.371. The SMILES string of the molecule is O=C(Cn1c2c(sc1=O)[C@H](c1cccc(Cl)c1Cl)C1C(=O)N(c3cccc(C(F)(F)F)c3)C(=O)C1S2)N1CCOCC1. The van der Waals surface area contributed by atoms with Gasteiger partial charge in [0.2, 0.25) is 17.7 Å². The molecule has 42 heavy (non-hydrogen) atoms. The Morgan fingerprint density at radius 3 is 2.45 bits per heavy atom. The van der Waals surface area contributed by atoms with E-state index in [1.165, 1.54) is 10.6 Å². The standard InChI is InChI=1S/C27H20Cl2F3N3O5S2/c28-16-6-2-5-15(20(16)29)18-19-21(24(38)35(23(19)37)14-4-1-3-13(11-14)27(30,31)32)41-25-22(18)42-26(39)34(25)12-17(36)33-7-9-40-10-8-33/h1-6,11,18-19,21H,7-10,12H2/t18-,19?,21?/m1/s1. The van der Waals surface area contributed by atoms with Gasteiger partial charge in [-0.25, -0.2) is 4.90 Å². The zero-order valence-corrected chi connectivity index (χ0v) is 24.5. The molecule has 220 valence electrons. The van der Waals surface area contributed by atoms with Gasteiger partial charge in [-0.3, -0.25) is 23.7 Å². The normalized spacial score (nSPS) is 22.4. The topological polar surface area (TPSA) is 88.9 Å². The lowest BCUT2D eigenvalue weighted by Gasteiger charge is -2.31. The first-order chi connectivity index (χ1) is 20.0. The molecule has 0 saturated carbocycles. The summed E-state index contributed by atoms with van der Waals surface area (Å²) in [6.45, 7) is 1.20. The molecule has 2 aromatic carbocycles. The Bertz CT molecular complexity index is 1670. The number of anilines is 1. The van der Waals surface area contributed by atoms with Crippen LogP contribution in [-0.4, -0.2) is 58.7 Å². The lowest BCUT2D eigenvalue weighted by molar-refractivity contribution is -0.138. The summed E-state index contributed by atoms with van der Waals surface area (Å²) >= 11 is 14.7. The van der Waals surface area contributed by atoms with Crippen molar-refractivity contribution in [2.45, 2.75) is 28.9 Å². The van der Waals surface area contributed by atoms with Crippen LogP contribution < -0.4 is 9.77 Å². The van der Waals surface area contributed by atoms with Crippen molar-refractivity contribution in [1.29, 1.82) is 0 Å². The Balaban J connectivity index is 1.46. The maximum Gasteiger partial charge on any atom is 0.416 e. The average molecular weight is 659 g/mol. The number of imide groups is 1. The van der Waals surface area contributed by atoms with Crippen molar-refractivity contribution in [3.05, 3.63) is 78.2 Å². The van der Waals surface area contributed by atoms with E-state index in [0.29, 0.717) is 41.8 Å². The number of thioether (sulfide) groups is 1. The highest BCUT2D eigenvalue weighted by Gasteiger charge is 2.57. The third-order valence-electron chi connectivity index (χ3n) is 7.45. The van der Waals surface area contributed by atoms with E-state index in [1.54, 1.807) is 23.1 Å². The van der Waals surface area contributed by atoms with Crippen LogP contribution in [-0.2, 0) is 31.8 Å². The molecule has 3 aromatic rings. The Morgan fingerprint density at radius 2 is 1.74 bits per heavy atom. The second kappa shape index (κ2) is 11.0. The molecule has 2 fully saturated rings. The molecule has 8 nitrogen and oxygen atoms in total. The van der Waals surface area contributed by atoms with E-state index in [-0.39, 0.29) is 28.2 Å². The molecule has 0 N–H and O–H groups in total. The molecular formula is C27H20Cl2F3N3O5S2. The van der Waals surface area contributed by atoms with Crippen LogP contribution in [0.1, 0.15) is 21.9 Å². The maximum atomic E-state index is 14.0. The van der Waals surface area contributed by atoms with Gasteiger partial charge in [0, 0.05) is 23.9 Å². The monoisotopic (exact) mass is 657 g/mol. The van der Waals surface area contributed by atoms with Crippen LogP contribution in [0.3, 0.4) is 0 Å². The van der Waals surface area contributed by atoms with Gasteiger partial charge < -0.3 is 9.64 Å². The van der Waals surface area contributed by atoms with Crippen LogP contribution >= 0.6 is 46.3 Å². The summed E-state index contributed by atoms with van der Waals surface area (Å²) in [6.07, 6.45) is -4.69. The first-order valence-corrected chi connectivity index (χ1v) is 15.2. The minimum absolute atomic E-state index is 0.121. The highest BCUT2D eigenvalue weighted by molar-refractivity contribution is 8.00. The van der Waals surface area contributed by atoms with Gasteiger partial charge in [0.1, 0.15) is 11.8 Å². The van der Waals surface area contributed by atoms with Gasteiger partial charge in [-0.1, -0.05) is 64.5 Å².